The number of nitrogens with one attached hydrogen (secondary N) is 2. The van der Waals surface area contributed by atoms with Gasteiger partial charge in [0.1, 0.15) is 5.82 Å². The Bertz CT molecular complexity index is 655. The highest BCUT2D eigenvalue weighted by atomic mass is 32.2. The van der Waals surface area contributed by atoms with E-state index in [0.29, 0.717) is 22.7 Å². The molecule has 2 amide bonds. The van der Waals surface area contributed by atoms with E-state index in [-0.39, 0.29) is 12.1 Å². The van der Waals surface area contributed by atoms with Gasteiger partial charge in [-0.1, -0.05) is 11.8 Å². The highest BCUT2D eigenvalue weighted by Gasteiger charge is 2.31. The molecule has 0 unspecified atom stereocenters. The van der Waals surface area contributed by atoms with Crippen molar-refractivity contribution in [1.29, 1.82) is 0 Å². The fraction of sp³-hybridized carbons (Fsp3) is 0.583. The predicted octanol–water partition coefficient (Wildman–Crippen LogP) is 2.45. The molecule has 1 atom stereocenters. The van der Waals surface area contributed by atoms with E-state index in [1.807, 2.05) is 13.2 Å². The van der Waals surface area contributed by atoms with Crippen LogP contribution in [0, 0.1) is 6.92 Å². The summed E-state index contributed by atoms with van der Waals surface area (Å²) in [5.41, 5.74) is 0. The lowest BCUT2D eigenvalue weighted by Crippen LogP contribution is -2.41. The SMILES string of the molecule is CSc1nsc(NC(=O)N2CCCC[C@H]2c2n[nH]c(C)n2)n1. The second kappa shape index (κ2) is 6.61. The Morgan fingerprint density at radius 2 is 2.32 bits per heavy atom. The lowest BCUT2D eigenvalue weighted by atomic mass is 10.0. The average Bonchev–Trinajstić information content (AvgIpc) is 3.16. The van der Waals surface area contributed by atoms with Gasteiger partial charge in [-0.05, 0) is 32.4 Å². The largest absolute Gasteiger partial charge is 0.324 e. The number of likely N-dealkylation sites (tertiary alicyclic amines) is 1. The van der Waals surface area contributed by atoms with E-state index < -0.39 is 0 Å². The first kappa shape index (κ1) is 15.2. The first-order valence-corrected chi connectivity index (χ1v) is 9.01. The fourth-order valence-electron chi connectivity index (χ4n) is 2.46. The van der Waals surface area contributed by atoms with E-state index in [1.54, 1.807) is 4.90 Å². The highest BCUT2D eigenvalue weighted by Crippen LogP contribution is 2.29. The number of thioether (sulfide) groups is 1. The molecule has 2 N–H and O–H groups in total. The van der Waals surface area contributed by atoms with Gasteiger partial charge in [0.2, 0.25) is 10.3 Å². The van der Waals surface area contributed by atoms with Gasteiger partial charge in [-0.25, -0.2) is 9.78 Å². The first-order valence-electron chi connectivity index (χ1n) is 7.01. The maximum Gasteiger partial charge on any atom is 0.324 e. The number of H-pyrrole nitrogens is 1. The number of piperidine rings is 1. The summed E-state index contributed by atoms with van der Waals surface area (Å²) in [4.78, 5) is 22.9. The summed E-state index contributed by atoms with van der Waals surface area (Å²) in [7, 11) is 0. The second-order valence-corrected chi connectivity index (χ2v) is 6.53. The molecule has 0 saturated carbocycles. The number of aromatic amines is 1. The number of hydrogen-bond acceptors (Lipinski definition) is 7. The number of hydrogen-bond donors (Lipinski definition) is 2. The molecule has 3 heterocycles. The Balaban J connectivity index is 1.73. The summed E-state index contributed by atoms with van der Waals surface area (Å²) < 4.78 is 4.14. The molecular formula is C12H17N7OS2. The number of carbonyl (C=O) groups excluding carboxylic acids is 1. The Labute approximate surface area is 136 Å². The number of carbonyl (C=O) groups is 1. The number of nitrogens with zero attached hydrogens (tertiary/aromatic N) is 5. The molecule has 1 saturated heterocycles. The van der Waals surface area contributed by atoms with E-state index in [1.165, 1.54) is 23.3 Å². The minimum absolute atomic E-state index is 0.0911. The molecule has 0 aliphatic carbocycles. The number of aryl methyl sites for hydroxylation is 1. The third kappa shape index (κ3) is 3.22. The fourth-order valence-corrected chi connectivity index (χ4v) is 3.57. The number of amides is 2. The molecule has 1 aliphatic rings. The van der Waals surface area contributed by atoms with Crippen LogP contribution >= 0.6 is 23.3 Å². The second-order valence-electron chi connectivity index (χ2n) is 5.00. The predicted molar refractivity (Wildman–Crippen MR) is 85.1 cm³/mol. The molecule has 2 aromatic heterocycles. The van der Waals surface area contributed by atoms with Gasteiger partial charge in [-0.2, -0.15) is 14.5 Å². The molecule has 8 nitrogen and oxygen atoms in total. The van der Waals surface area contributed by atoms with E-state index in [9.17, 15) is 4.79 Å². The highest BCUT2D eigenvalue weighted by molar-refractivity contribution is 7.98. The van der Waals surface area contributed by atoms with Crippen LogP contribution in [0.15, 0.2) is 5.16 Å². The molecule has 0 aromatic carbocycles. The van der Waals surface area contributed by atoms with Crippen LogP contribution in [0.2, 0.25) is 0 Å². The zero-order valence-corrected chi connectivity index (χ0v) is 14.0. The molecule has 3 rings (SSSR count). The van der Waals surface area contributed by atoms with Crippen molar-refractivity contribution < 1.29 is 4.79 Å². The molecule has 1 fully saturated rings. The Morgan fingerprint density at radius 3 is 3.00 bits per heavy atom. The summed E-state index contributed by atoms with van der Waals surface area (Å²) in [6, 6.07) is -0.261. The molecule has 1 aliphatic heterocycles. The Hall–Kier alpha value is -1.68. The van der Waals surface area contributed by atoms with Gasteiger partial charge in [0, 0.05) is 18.1 Å². The lowest BCUT2D eigenvalue weighted by molar-refractivity contribution is 0.159. The summed E-state index contributed by atoms with van der Waals surface area (Å²) in [6.45, 7) is 2.55. The molecule has 10 heteroatoms. The van der Waals surface area contributed by atoms with E-state index in [2.05, 4.69) is 29.9 Å². The summed E-state index contributed by atoms with van der Waals surface area (Å²) in [6.07, 6.45) is 4.83. The van der Waals surface area contributed by atoms with Gasteiger partial charge in [0.05, 0.1) is 6.04 Å². The van der Waals surface area contributed by atoms with E-state index in [4.69, 9.17) is 0 Å². The zero-order valence-electron chi connectivity index (χ0n) is 12.4. The molecule has 22 heavy (non-hydrogen) atoms. The van der Waals surface area contributed by atoms with Crippen molar-refractivity contribution >= 4 is 34.5 Å². The topological polar surface area (TPSA) is 99.7 Å². The van der Waals surface area contributed by atoms with Crippen molar-refractivity contribution in [1.82, 2.24) is 29.4 Å². The van der Waals surface area contributed by atoms with Crippen molar-refractivity contribution in [3.8, 4) is 0 Å². The molecular weight excluding hydrogens is 322 g/mol. The van der Waals surface area contributed by atoms with Crippen LogP contribution in [0.1, 0.15) is 37.0 Å². The maximum atomic E-state index is 12.5. The number of anilines is 1. The van der Waals surface area contributed by atoms with Crippen molar-refractivity contribution in [2.24, 2.45) is 0 Å². The average molecular weight is 339 g/mol. The van der Waals surface area contributed by atoms with Crippen LogP contribution < -0.4 is 5.32 Å². The van der Waals surface area contributed by atoms with Crippen LogP contribution in [-0.4, -0.2) is 48.3 Å². The van der Waals surface area contributed by atoms with Crippen LogP contribution in [0.25, 0.3) is 0 Å². The summed E-state index contributed by atoms with van der Waals surface area (Å²) >= 11 is 2.64. The Morgan fingerprint density at radius 1 is 1.45 bits per heavy atom. The molecule has 0 radical (unpaired) electrons. The van der Waals surface area contributed by atoms with E-state index >= 15 is 0 Å². The van der Waals surface area contributed by atoms with Crippen molar-refractivity contribution in [2.75, 3.05) is 18.1 Å². The van der Waals surface area contributed by atoms with Crippen LogP contribution in [0.5, 0.6) is 0 Å². The maximum absolute atomic E-state index is 12.5. The number of rotatable bonds is 3. The number of aromatic nitrogens is 5. The molecule has 2 aromatic rings. The number of urea groups is 1. The van der Waals surface area contributed by atoms with Crippen LogP contribution in [0.4, 0.5) is 9.93 Å². The van der Waals surface area contributed by atoms with Gasteiger partial charge < -0.3 is 4.90 Å². The molecule has 0 bridgehead atoms. The zero-order chi connectivity index (χ0) is 15.5. The van der Waals surface area contributed by atoms with Gasteiger partial charge in [0.15, 0.2) is 5.82 Å². The van der Waals surface area contributed by atoms with Gasteiger partial charge in [-0.15, -0.1) is 0 Å². The van der Waals surface area contributed by atoms with Gasteiger partial charge in [-0.3, -0.25) is 10.4 Å². The first-order chi connectivity index (χ1) is 10.7. The van der Waals surface area contributed by atoms with Crippen molar-refractivity contribution in [3.63, 3.8) is 0 Å². The van der Waals surface area contributed by atoms with Crippen molar-refractivity contribution in [3.05, 3.63) is 11.6 Å². The van der Waals surface area contributed by atoms with Crippen LogP contribution in [0.3, 0.4) is 0 Å². The van der Waals surface area contributed by atoms with Gasteiger partial charge in [0.25, 0.3) is 0 Å². The standard InChI is InChI=1S/C12H17N7OS2/c1-7-13-9(17-16-7)8-5-3-4-6-19(8)12(20)15-10-14-11(21-2)18-22-10/h8H,3-6H2,1-2H3,(H,13,16,17)(H,14,15,18,20)/t8-/m0/s1. The monoisotopic (exact) mass is 339 g/mol. The van der Waals surface area contributed by atoms with E-state index in [0.717, 1.165) is 25.1 Å². The normalized spacial score (nSPS) is 18.5. The van der Waals surface area contributed by atoms with Crippen molar-refractivity contribution in [2.45, 2.75) is 37.4 Å². The summed E-state index contributed by atoms with van der Waals surface area (Å²) in [5.74, 6) is 1.43. The quantitative estimate of drug-likeness (QED) is 0.833. The molecule has 0 spiro atoms. The minimum atomic E-state index is -0.170. The third-order valence-electron chi connectivity index (χ3n) is 3.48. The minimum Gasteiger partial charge on any atom is -0.314 e. The smallest absolute Gasteiger partial charge is 0.314 e. The third-order valence-corrected chi connectivity index (χ3v) is 4.77. The van der Waals surface area contributed by atoms with Gasteiger partial charge >= 0.3 is 6.03 Å². The Kier molecular flexibility index (Phi) is 4.57. The molecule has 118 valence electrons. The summed E-state index contributed by atoms with van der Waals surface area (Å²) in [5, 5.41) is 11.1. The lowest BCUT2D eigenvalue weighted by Gasteiger charge is -2.33. The van der Waals surface area contributed by atoms with Crippen LogP contribution in [-0.2, 0) is 0 Å².